The van der Waals surface area contributed by atoms with Crippen molar-refractivity contribution in [2.75, 3.05) is 0 Å². The van der Waals surface area contributed by atoms with Gasteiger partial charge in [0.05, 0.1) is 5.69 Å². The zero-order valence-electron chi connectivity index (χ0n) is 15.2. The van der Waals surface area contributed by atoms with Crippen molar-refractivity contribution in [1.82, 2.24) is 5.32 Å². The van der Waals surface area contributed by atoms with E-state index >= 15 is 0 Å². The fourth-order valence-electron chi connectivity index (χ4n) is 2.57. The number of aliphatic imine (C=N–C) groups is 1. The molecule has 0 radical (unpaired) electrons. The van der Waals surface area contributed by atoms with E-state index in [9.17, 15) is 9.59 Å². The van der Waals surface area contributed by atoms with Gasteiger partial charge in [0, 0.05) is 10.6 Å². The van der Waals surface area contributed by atoms with Gasteiger partial charge in [0.1, 0.15) is 17.4 Å². The molecule has 7 heteroatoms. The maximum absolute atomic E-state index is 12.6. The third-order valence-electron chi connectivity index (χ3n) is 3.66. The Morgan fingerprint density at radius 2 is 1.74 bits per heavy atom. The molecule has 1 atom stereocenters. The Bertz CT molecular complexity index is 901. The SMILES string of the molecule is CC(C)(C)OC(=O)C1=Nc2ccccc2C1NC(=O)Oc1ccc(Cl)cc1. The summed E-state index contributed by atoms with van der Waals surface area (Å²) in [5.41, 5.74) is 0.740. The van der Waals surface area contributed by atoms with Gasteiger partial charge in [0.25, 0.3) is 0 Å². The summed E-state index contributed by atoms with van der Waals surface area (Å²) >= 11 is 5.83. The van der Waals surface area contributed by atoms with Crippen LogP contribution in [-0.2, 0) is 9.53 Å². The second-order valence-electron chi connectivity index (χ2n) is 6.98. The first-order chi connectivity index (χ1) is 12.7. The summed E-state index contributed by atoms with van der Waals surface area (Å²) in [6.07, 6.45) is -0.713. The molecule has 0 aromatic heterocycles. The van der Waals surface area contributed by atoms with E-state index in [4.69, 9.17) is 21.1 Å². The van der Waals surface area contributed by atoms with Crippen LogP contribution >= 0.6 is 11.6 Å². The van der Waals surface area contributed by atoms with Crippen LogP contribution in [0.3, 0.4) is 0 Å². The van der Waals surface area contributed by atoms with Crippen molar-refractivity contribution < 1.29 is 19.1 Å². The zero-order valence-corrected chi connectivity index (χ0v) is 15.9. The van der Waals surface area contributed by atoms with Gasteiger partial charge in [-0.3, -0.25) is 0 Å². The number of nitrogens with zero attached hydrogens (tertiary/aromatic N) is 1. The highest BCUT2D eigenvalue weighted by atomic mass is 35.5. The number of halogens is 1. The molecule has 140 valence electrons. The number of para-hydroxylation sites is 1. The first-order valence-electron chi connectivity index (χ1n) is 8.38. The van der Waals surface area contributed by atoms with E-state index < -0.39 is 23.7 Å². The molecule has 1 heterocycles. The molecule has 3 rings (SSSR count). The second-order valence-corrected chi connectivity index (χ2v) is 7.41. The molecular weight excluding hydrogens is 368 g/mol. The van der Waals surface area contributed by atoms with E-state index in [2.05, 4.69) is 10.3 Å². The van der Waals surface area contributed by atoms with Crippen LogP contribution in [0.2, 0.25) is 5.02 Å². The van der Waals surface area contributed by atoms with Crippen molar-refractivity contribution in [1.29, 1.82) is 0 Å². The summed E-state index contributed by atoms with van der Waals surface area (Å²) in [5, 5.41) is 3.22. The number of hydrogen-bond acceptors (Lipinski definition) is 5. The van der Waals surface area contributed by atoms with Gasteiger partial charge in [-0.1, -0.05) is 29.8 Å². The molecule has 6 nitrogen and oxygen atoms in total. The van der Waals surface area contributed by atoms with Crippen molar-refractivity contribution in [3.63, 3.8) is 0 Å². The van der Waals surface area contributed by atoms with E-state index in [0.29, 0.717) is 22.0 Å². The van der Waals surface area contributed by atoms with Gasteiger partial charge >= 0.3 is 12.1 Å². The van der Waals surface area contributed by atoms with E-state index in [-0.39, 0.29) is 5.71 Å². The fourth-order valence-corrected chi connectivity index (χ4v) is 2.70. The van der Waals surface area contributed by atoms with Gasteiger partial charge < -0.3 is 14.8 Å². The van der Waals surface area contributed by atoms with Crippen LogP contribution in [-0.4, -0.2) is 23.4 Å². The largest absolute Gasteiger partial charge is 0.455 e. The van der Waals surface area contributed by atoms with E-state index in [1.807, 2.05) is 12.1 Å². The number of nitrogens with one attached hydrogen (secondary N) is 1. The molecule has 27 heavy (non-hydrogen) atoms. The number of hydrogen-bond donors (Lipinski definition) is 1. The van der Waals surface area contributed by atoms with Crippen LogP contribution in [0.5, 0.6) is 5.75 Å². The fraction of sp³-hybridized carbons (Fsp3) is 0.250. The predicted molar refractivity (Wildman–Crippen MR) is 103 cm³/mol. The molecule has 0 spiro atoms. The summed E-state index contributed by atoms with van der Waals surface area (Å²) in [7, 11) is 0. The molecule has 1 unspecified atom stereocenters. The topological polar surface area (TPSA) is 77.0 Å². The number of carbonyl (C=O) groups is 2. The number of carbonyl (C=O) groups excluding carboxylic acids is 2. The first kappa shape index (κ1) is 18.9. The molecule has 0 bridgehead atoms. The summed E-state index contributed by atoms with van der Waals surface area (Å²) in [5.74, 6) is -0.255. The van der Waals surface area contributed by atoms with Gasteiger partial charge in [-0.15, -0.1) is 0 Å². The molecule has 1 aliphatic rings. The van der Waals surface area contributed by atoms with Crippen LogP contribution in [0.25, 0.3) is 0 Å². The van der Waals surface area contributed by atoms with Gasteiger partial charge in [-0.05, 0) is 51.1 Å². The minimum atomic E-state index is -0.754. The third kappa shape index (κ3) is 4.65. The molecule has 1 N–H and O–H groups in total. The quantitative estimate of drug-likeness (QED) is 0.782. The standard InChI is InChI=1S/C20H19ClN2O4/c1-20(2,3)27-18(24)17-16(14-6-4-5-7-15(14)22-17)23-19(25)26-13-10-8-12(21)9-11-13/h4-11,16H,1-3H3,(H,23,25). The van der Waals surface area contributed by atoms with Gasteiger partial charge in [0.2, 0.25) is 0 Å². The maximum atomic E-state index is 12.6. The number of ether oxygens (including phenoxy) is 2. The number of rotatable bonds is 3. The number of fused-ring (bicyclic) bond motifs is 1. The van der Waals surface area contributed by atoms with Crippen LogP contribution in [0.15, 0.2) is 53.5 Å². The smallest absolute Gasteiger partial charge is 0.413 e. The highest BCUT2D eigenvalue weighted by Crippen LogP contribution is 2.34. The third-order valence-corrected chi connectivity index (χ3v) is 3.91. The molecular formula is C20H19ClN2O4. The Balaban J connectivity index is 1.80. The minimum absolute atomic E-state index is 0.110. The Hall–Kier alpha value is -2.86. The van der Waals surface area contributed by atoms with Crippen molar-refractivity contribution in [2.45, 2.75) is 32.4 Å². The molecule has 1 aliphatic heterocycles. The van der Waals surface area contributed by atoms with Crippen molar-refractivity contribution >= 4 is 35.1 Å². The normalized spacial score (nSPS) is 15.6. The molecule has 0 fully saturated rings. The lowest BCUT2D eigenvalue weighted by atomic mass is 10.0. The van der Waals surface area contributed by atoms with Crippen LogP contribution in [0, 0.1) is 0 Å². The minimum Gasteiger partial charge on any atom is -0.455 e. The molecule has 0 aliphatic carbocycles. The van der Waals surface area contributed by atoms with Crippen LogP contribution < -0.4 is 10.1 Å². The predicted octanol–water partition coefficient (Wildman–Crippen LogP) is 4.60. The Morgan fingerprint density at radius 1 is 1.07 bits per heavy atom. The summed E-state index contributed by atoms with van der Waals surface area (Å²) in [6.45, 7) is 5.31. The Morgan fingerprint density at radius 3 is 2.41 bits per heavy atom. The summed E-state index contributed by atoms with van der Waals surface area (Å²) in [4.78, 5) is 29.2. The highest BCUT2D eigenvalue weighted by Gasteiger charge is 2.36. The molecule has 2 aromatic rings. The molecule has 0 saturated heterocycles. The number of benzene rings is 2. The zero-order chi connectivity index (χ0) is 19.6. The first-order valence-corrected chi connectivity index (χ1v) is 8.75. The van der Waals surface area contributed by atoms with E-state index in [1.165, 1.54) is 0 Å². The van der Waals surface area contributed by atoms with E-state index in [0.717, 1.165) is 0 Å². The highest BCUT2D eigenvalue weighted by molar-refractivity contribution is 6.40. The van der Waals surface area contributed by atoms with Crippen molar-refractivity contribution in [3.8, 4) is 5.75 Å². The Labute approximate surface area is 162 Å². The van der Waals surface area contributed by atoms with Crippen molar-refractivity contribution in [3.05, 3.63) is 59.1 Å². The van der Waals surface area contributed by atoms with Crippen LogP contribution in [0.1, 0.15) is 32.4 Å². The van der Waals surface area contributed by atoms with E-state index in [1.54, 1.807) is 57.2 Å². The lowest BCUT2D eigenvalue weighted by Gasteiger charge is -2.22. The van der Waals surface area contributed by atoms with Gasteiger partial charge in [-0.2, -0.15) is 0 Å². The Kier molecular flexibility index (Phi) is 5.19. The second kappa shape index (κ2) is 7.40. The molecule has 0 saturated carbocycles. The summed E-state index contributed by atoms with van der Waals surface area (Å²) in [6, 6.07) is 12.8. The number of esters is 1. The van der Waals surface area contributed by atoms with Crippen molar-refractivity contribution in [2.24, 2.45) is 4.99 Å². The lowest BCUT2D eigenvalue weighted by molar-refractivity contribution is -0.146. The monoisotopic (exact) mass is 386 g/mol. The lowest BCUT2D eigenvalue weighted by Crippen LogP contribution is -2.39. The maximum Gasteiger partial charge on any atom is 0.413 e. The van der Waals surface area contributed by atoms with Gasteiger partial charge in [0.15, 0.2) is 5.71 Å². The average Bonchev–Trinajstić information content (AvgIpc) is 2.94. The molecule has 2 aromatic carbocycles. The average molecular weight is 387 g/mol. The van der Waals surface area contributed by atoms with Crippen LogP contribution in [0.4, 0.5) is 10.5 Å². The van der Waals surface area contributed by atoms with Gasteiger partial charge in [-0.25, -0.2) is 14.6 Å². The number of amides is 1. The molecule has 1 amide bonds. The summed E-state index contributed by atoms with van der Waals surface area (Å²) < 4.78 is 10.7.